The van der Waals surface area contributed by atoms with E-state index in [0.717, 1.165) is 72.2 Å². The number of carbonyl (C=O) groups is 1. The molecule has 2 fully saturated rings. The van der Waals surface area contributed by atoms with Gasteiger partial charge in [-0.2, -0.15) is 0 Å². The van der Waals surface area contributed by atoms with Crippen LogP contribution in [-0.4, -0.2) is 96.6 Å². The van der Waals surface area contributed by atoms with Crippen molar-refractivity contribution in [3.05, 3.63) is 36.4 Å². The number of nitrogens with one attached hydrogen (secondary N) is 2. The van der Waals surface area contributed by atoms with Gasteiger partial charge in [0.25, 0.3) is 0 Å². The molecule has 3 aliphatic rings. The number of aliphatic hydroxyl groups is 1. The molecule has 1 atom stereocenters. The van der Waals surface area contributed by atoms with Gasteiger partial charge in [-0.1, -0.05) is 0 Å². The Balaban J connectivity index is 1.29. The van der Waals surface area contributed by atoms with Crippen LogP contribution in [0.25, 0.3) is 22.4 Å². The van der Waals surface area contributed by atoms with Crippen molar-refractivity contribution in [2.75, 3.05) is 74.6 Å². The van der Waals surface area contributed by atoms with Gasteiger partial charge in [0.1, 0.15) is 11.9 Å². The molecule has 2 aromatic carbocycles. The Labute approximate surface area is 245 Å². The number of anilines is 3. The van der Waals surface area contributed by atoms with Gasteiger partial charge in [0, 0.05) is 62.2 Å². The molecule has 0 spiro atoms. The van der Waals surface area contributed by atoms with E-state index in [-0.39, 0.29) is 18.5 Å². The number of piperazine rings is 1. The van der Waals surface area contributed by atoms with Gasteiger partial charge in [-0.25, -0.2) is 4.98 Å². The molecule has 3 heterocycles. The summed E-state index contributed by atoms with van der Waals surface area (Å²) in [5.41, 5.74) is 16.7. The fraction of sp³-hybridized carbons (Fsp3) is 0.500. The number of amides is 1. The van der Waals surface area contributed by atoms with Gasteiger partial charge >= 0.3 is 0 Å². The maximum absolute atomic E-state index is 13.6. The molecule has 224 valence electrons. The van der Waals surface area contributed by atoms with Crippen molar-refractivity contribution in [1.82, 2.24) is 14.5 Å². The standard InChI is InChI=1S/C30H41N9O3/c31-30(32)33-9-1-2-27-29(41)36-24-7-5-21(34-20-3-4-20)18-23(24)28-35-25-19-22(6-8-26(25)39(27)28)38-12-10-37(11-13-38)14-16-42-17-15-40/h5-8,18-20,27,34,40H,1-4,9-17H2,(H,36,41)(H4,31,32,33). The Morgan fingerprint density at radius 1 is 1.12 bits per heavy atom. The zero-order valence-electron chi connectivity index (χ0n) is 24.0. The summed E-state index contributed by atoms with van der Waals surface area (Å²) in [5, 5.41) is 15.6. The monoisotopic (exact) mass is 575 g/mol. The minimum Gasteiger partial charge on any atom is -0.394 e. The number of imidazole rings is 1. The number of aliphatic imine (C=N–C) groups is 1. The summed E-state index contributed by atoms with van der Waals surface area (Å²) in [6, 6.07) is 12.6. The molecular weight excluding hydrogens is 534 g/mol. The van der Waals surface area contributed by atoms with E-state index in [4.69, 9.17) is 26.3 Å². The number of hydrogen-bond donors (Lipinski definition) is 5. The predicted molar refractivity (Wildman–Crippen MR) is 166 cm³/mol. The van der Waals surface area contributed by atoms with Crippen LogP contribution in [0.1, 0.15) is 31.7 Å². The van der Waals surface area contributed by atoms with Crippen LogP contribution in [-0.2, 0) is 9.53 Å². The van der Waals surface area contributed by atoms with E-state index in [1.807, 2.05) is 12.1 Å². The molecule has 7 N–H and O–H groups in total. The molecule has 0 radical (unpaired) electrons. The molecule has 1 aliphatic carbocycles. The van der Waals surface area contributed by atoms with Crippen molar-refractivity contribution >= 4 is 40.0 Å². The first-order valence-electron chi connectivity index (χ1n) is 15.0. The van der Waals surface area contributed by atoms with E-state index >= 15 is 0 Å². The number of rotatable bonds is 12. The molecule has 1 saturated heterocycles. The molecule has 42 heavy (non-hydrogen) atoms. The van der Waals surface area contributed by atoms with Crippen molar-refractivity contribution in [2.24, 2.45) is 16.5 Å². The summed E-state index contributed by atoms with van der Waals surface area (Å²) >= 11 is 0. The second kappa shape index (κ2) is 12.6. The third-order valence-corrected chi connectivity index (χ3v) is 8.21. The van der Waals surface area contributed by atoms with E-state index < -0.39 is 6.04 Å². The molecule has 12 heteroatoms. The van der Waals surface area contributed by atoms with Crippen molar-refractivity contribution in [3.63, 3.8) is 0 Å². The van der Waals surface area contributed by atoms with Crippen LogP contribution < -0.4 is 27.0 Å². The van der Waals surface area contributed by atoms with Crippen molar-refractivity contribution in [1.29, 1.82) is 0 Å². The van der Waals surface area contributed by atoms with Crippen LogP contribution in [0.4, 0.5) is 17.1 Å². The maximum Gasteiger partial charge on any atom is 0.247 e. The molecule has 2 aliphatic heterocycles. The highest BCUT2D eigenvalue weighted by Crippen LogP contribution is 2.40. The average molecular weight is 576 g/mol. The fourth-order valence-corrected chi connectivity index (χ4v) is 5.86. The molecular formula is C30H41N9O3. The Kier molecular flexibility index (Phi) is 8.45. The lowest BCUT2D eigenvalue weighted by Gasteiger charge is -2.36. The van der Waals surface area contributed by atoms with Crippen LogP contribution in [0, 0.1) is 0 Å². The van der Waals surface area contributed by atoms with Crippen molar-refractivity contribution in [3.8, 4) is 11.4 Å². The highest BCUT2D eigenvalue weighted by atomic mass is 16.5. The number of benzene rings is 2. The number of nitrogens with zero attached hydrogens (tertiary/aromatic N) is 5. The molecule has 1 aromatic heterocycles. The Bertz CT molecular complexity index is 1440. The second-order valence-electron chi connectivity index (χ2n) is 11.3. The van der Waals surface area contributed by atoms with Gasteiger partial charge in [0.05, 0.1) is 36.5 Å². The van der Waals surface area contributed by atoms with E-state index in [2.05, 4.69) is 54.3 Å². The van der Waals surface area contributed by atoms with Crippen molar-refractivity contribution in [2.45, 2.75) is 37.8 Å². The Morgan fingerprint density at radius 3 is 2.71 bits per heavy atom. The van der Waals surface area contributed by atoms with Gasteiger partial charge in [-0.15, -0.1) is 0 Å². The Hall–Kier alpha value is -3.87. The molecule has 1 amide bonds. The molecule has 12 nitrogen and oxygen atoms in total. The predicted octanol–water partition coefficient (Wildman–Crippen LogP) is 1.96. The van der Waals surface area contributed by atoms with Crippen LogP contribution in [0.15, 0.2) is 41.4 Å². The van der Waals surface area contributed by atoms with Gasteiger partial charge in [0.15, 0.2) is 5.96 Å². The molecule has 3 aromatic rings. The van der Waals surface area contributed by atoms with E-state index in [0.29, 0.717) is 38.6 Å². The highest BCUT2D eigenvalue weighted by molar-refractivity contribution is 6.02. The normalized spacial score (nSPS) is 18.7. The minimum atomic E-state index is -0.450. The first-order chi connectivity index (χ1) is 20.5. The van der Waals surface area contributed by atoms with Gasteiger partial charge in [-0.05, 0) is 62.1 Å². The summed E-state index contributed by atoms with van der Waals surface area (Å²) in [7, 11) is 0. The lowest BCUT2D eigenvalue weighted by Crippen LogP contribution is -2.47. The van der Waals surface area contributed by atoms with Crippen molar-refractivity contribution < 1.29 is 14.6 Å². The van der Waals surface area contributed by atoms with E-state index in [1.54, 1.807) is 0 Å². The molecule has 1 unspecified atom stereocenters. The van der Waals surface area contributed by atoms with Gasteiger partial charge < -0.3 is 41.4 Å². The zero-order chi connectivity index (χ0) is 29.1. The summed E-state index contributed by atoms with van der Waals surface area (Å²) in [5.74, 6) is 0.778. The third kappa shape index (κ3) is 6.30. The minimum absolute atomic E-state index is 0.0561. The van der Waals surface area contributed by atoms with E-state index in [1.165, 1.54) is 12.8 Å². The van der Waals surface area contributed by atoms with Crippen LogP contribution >= 0.6 is 0 Å². The smallest absolute Gasteiger partial charge is 0.247 e. The quantitative estimate of drug-likeness (QED) is 0.124. The second-order valence-corrected chi connectivity index (χ2v) is 11.3. The number of aromatic nitrogens is 2. The van der Waals surface area contributed by atoms with Gasteiger partial charge in [0.2, 0.25) is 5.91 Å². The highest BCUT2D eigenvalue weighted by Gasteiger charge is 2.32. The average Bonchev–Trinajstić information content (AvgIpc) is 3.75. The topological polar surface area (TPSA) is 159 Å². The number of nitrogens with two attached hydrogens (primary N) is 2. The summed E-state index contributed by atoms with van der Waals surface area (Å²) < 4.78 is 7.54. The number of carbonyl (C=O) groups excluding carboxylic acids is 1. The summed E-state index contributed by atoms with van der Waals surface area (Å²) in [6.07, 6.45) is 3.60. The number of fused-ring (bicyclic) bond motifs is 5. The van der Waals surface area contributed by atoms with Crippen LogP contribution in [0.2, 0.25) is 0 Å². The van der Waals surface area contributed by atoms with E-state index in [9.17, 15) is 4.79 Å². The lowest BCUT2D eigenvalue weighted by molar-refractivity contribution is -0.119. The molecule has 1 saturated carbocycles. The third-order valence-electron chi connectivity index (χ3n) is 8.21. The van der Waals surface area contributed by atoms with Gasteiger partial charge in [-0.3, -0.25) is 14.7 Å². The van der Waals surface area contributed by atoms with Crippen LogP contribution in [0.3, 0.4) is 0 Å². The lowest BCUT2D eigenvalue weighted by atomic mass is 10.1. The number of aliphatic hydroxyl groups excluding tert-OH is 1. The molecule has 6 rings (SSSR count). The summed E-state index contributed by atoms with van der Waals surface area (Å²) in [4.78, 5) is 27.7. The first-order valence-corrected chi connectivity index (χ1v) is 15.0. The summed E-state index contributed by atoms with van der Waals surface area (Å²) in [6.45, 7) is 6.11. The largest absolute Gasteiger partial charge is 0.394 e. The fourth-order valence-electron chi connectivity index (χ4n) is 5.86. The first kappa shape index (κ1) is 28.3. The zero-order valence-corrected chi connectivity index (χ0v) is 24.0. The SMILES string of the molecule is NC(N)=NCCCC1C(=O)Nc2ccc(NC3CC3)cc2-c2nc3cc(N4CCN(CCOCCO)CC4)ccc3n21. The van der Waals surface area contributed by atoms with Crippen LogP contribution in [0.5, 0.6) is 0 Å². The maximum atomic E-state index is 13.6. The Morgan fingerprint density at radius 2 is 1.95 bits per heavy atom. The number of guanidine groups is 1. The number of ether oxygens (including phenoxy) is 1. The number of hydrogen-bond acceptors (Lipinski definition) is 8. The molecule has 0 bridgehead atoms.